The minimum Gasteiger partial charge on any atom is -0.330 e. The van der Waals surface area contributed by atoms with E-state index < -0.39 is 0 Å². The van der Waals surface area contributed by atoms with Crippen LogP contribution in [0.2, 0.25) is 0 Å². The molecule has 0 aliphatic carbocycles. The SMILES string of the molecule is CC(c1ccsc1)n1c(=S)[nH]c2cc(F)ccc21. The molecule has 5 heteroatoms. The Morgan fingerprint density at radius 1 is 1.39 bits per heavy atom. The van der Waals surface area contributed by atoms with Gasteiger partial charge in [0.15, 0.2) is 4.77 Å². The maximum absolute atomic E-state index is 13.2. The van der Waals surface area contributed by atoms with Crippen LogP contribution in [0, 0.1) is 10.6 Å². The second kappa shape index (κ2) is 4.33. The number of fused-ring (bicyclic) bond motifs is 1. The third-order valence-electron chi connectivity index (χ3n) is 3.09. The average molecular weight is 278 g/mol. The van der Waals surface area contributed by atoms with E-state index in [2.05, 4.69) is 23.4 Å². The van der Waals surface area contributed by atoms with Gasteiger partial charge in [-0.05, 0) is 59.7 Å². The number of aromatic nitrogens is 2. The van der Waals surface area contributed by atoms with E-state index in [0.29, 0.717) is 4.77 Å². The number of aromatic amines is 1. The first kappa shape index (κ1) is 11.6. The molecule has 18 heavy (non-hydrogen) atoms. The largest absolute Gasteiger partial charge is 0.330 e. The normalized spacial score (nSPS) is 13.0. The zero-order chi connectivity index (χ0) is 12.7. The van der Waals surface area contributed by atoms with E-state index in [9.17, 15) is 4.39 Å². The number of hydrogen-bond donors (Lipinski definition) is 1. The van der Waals surface area contributed by atoms with E-state index in [1.54, 1.807) is 17.4 Å². The van der Waals surface area contributed by atoms with Gasteiger partial charge in [-0.15, -0.1) is 0 Å². The molecule has 2 nitrogen and oxygen atoms in total. The van der Waals surface area contributed by atoms with Crippen molar-refractivity contribution in [2.75, 3.05) is 0 Å². The molecule has 0 saturated heterocycles. The van der Waals surface area contributed by atoms with Crippen LogP contribution in [-0.4, -0.2) is 9.55 Å². The number of nitrogens with one attached hydrogen (secondary N) is 1. The zero-order valence-electron chi connectivity index (χ0n) is 9.68. The molecule has 0 saturated carbocycles. The quantitative estimate of drug-likeness (QED) is 0.684. The topological polar surface area (TPSA) is 20.7 Å². The maximum Gasteiger partial charge on any atom is 0.178 e. The van der Waals surface area contributed by atoms with Crippen LogP contribution in [0.1, 0.15) is 18.5 Å². The smallest absolute Gasteiger partial charge is 0.178 e. The van der Waals surface area contributed by atoms with Crippen LogP contribution in [0.3, 0.4) is 0 Å². The van der Waals surface area contributed by atoms with E-state index in [1.165, 1.54) is 17.7 Å². The molecule has 92 valence electrons. The van der Waals surface area contributed by atoms with Crippen molar-refractivity contribution in [2.45, 2.75) is 13.0 Å². The van der Waals surface area contributed by atoms with E-state index in [0.717, 1.165) is 11.0 Å². The average Bonchev–Trinajstić information content (AvgIpc) is 2.94. The Morgan fingerprint density at radius 3 is 2.94 bits per heavy atom. The Balaban J connectivity index is 2.23. The van der Waals surface area contributed by atoms with Gasteiger partial charge in [-0.3, -0.25) is 0 Å². The molecule has 3 aromatic rings. The molecule has 1 aromatic carbocycles. The summed E-state index contributed by atoms with van der Waals surface area (Å²) in [6.45, 7) is 2.09. The van der Waals surface area contributed by atoms with Gasteiger partial charge >= 0.3 is 0 Å². The molecule has 0 fully saturated rings. The molecule has 0 radical (unpaired) electrons. The van der Waals surface area contributed by atoms with Crippen molar-refractivity contribution in [3.05, 3.63) is 51.2 Å². The highest BCUT2D eigenvalue weighted by Crippen LogP contribution is 2.26. The second-order valence-electron chi connectivity index (χ2n) is 4.19. The van der Waals surface area contributed by atoms with Gasteiger partial charge in [-0.1, -0.05) is 0 Å². The summed E-state index contributed by atoms with van der Waals surface area (Å²) < 4.78 is 15.8. The monoisotopic (exact) mass is 278 g/mol. The summed E-state index contributed by atoms with van der Waals surface area (Å²) in [7, 11) is 0. The van der Waals surface area contributed by atoms with Gasteiger partial charge in [0, 0.05) is 0 Å². The third kappa shape index (κ3) is 1.79. The van der Waals surface area contributed by atoms with Crippen molar-refractivity contribution in [3.8, 4) is 0 Å². The fourth-order valence-corrected chi connectivity index (χ4v) is 3.26. The molecule has 1 N–H and O–H groups in total. The van der Waals surface area contributed by atoms with Gasteiger partial charge in [0.05, 0.1) is 17.1 Å². The number of benzene rings is 1. The van der Waals surface area contributed by atoms with E-state index >= 15 is 0 Å². The van der Waals surface area contributed by atoms with Crippen molar-refractivity contribution in [1.82, 2.24) is 9.55 Å². The molecule has 2 aromatic heterocycles. The fourth-order valence-electron chi connectivity index (χ4n) is 2.15. The van der Waals surface area contributed by atoms with Gasteiger partial charge in [0.1, 0.15) is 5.82 Å². The van der Waals surface area contributed by atoms with Crippen LogP contribution in [0.15, 0.2) is 35.0 Å². The summed E-state index contributed by atoms with van der Waals surface area (Å²) in [5.74, 6) is -0.255. The number of hydrogen-bond acceptors (Lipinski definition) is 2. The Morgan fingerprint density at radius 2 is 2.22 bits per heavy atom. The van der Waals surface area contributed by atoms with Crippen LogP contribution >= 0.6 is 23.6 Å². The summed E-state index contributed by atoms with van der Waals surface area (Å²) >= 11 is 7.00. The standard InChI is InChI=1S/C13H11FN2S2/c1-8(9-4-5-18-7-9)16-12-3-2-10(14)6-11(12)15-13(16)17/h2-8H,1H3,(H,15,17). The summed E-state index contributed by atoms with van der Waals surface area (Å²) in [5, 5.41) is 4.15. The molecule has 1 atom stereocenters. The maximum atomic E-state index is 13.2. The summed E-state index contributed by atoms with van der Waals surface area (Å²) in [4.78, 5) is 3.05. The van der Waals surface area contributed by atoms with Crippen LogP contribution in [0.25, 0.3) is 11.0 Å². The summed E-state index contributed by atoms with van der Waals surface area (Å²) in [6, 6.07) is 6.92. The molecule has 1 unspecified atom stereocenters. The van der Waals surface area contributed by atoms with Gasteiger partial charge in [0.25, 0.3) is 0 Å². The second-order valence-corrected chi connectivity index (χ2v) is 5.36. The van der Waals surface area contributed by atoms with Gasteiger partial charge < -0.3 is 9.55 Å². The highest BCUT2D eigenvalue weighted by molar-refractivity contribution is 7.71. The molecule has 0 aliphatic rings. The van der Waals surface area contributed by atoms with Crippen molar-refractivity contribution < 1.29 is 4.39 Å². The molecular formula is C13H11FN2S2. The zero-order valence-corrected chi connectivity index (χ0v) is 11.3. The molecule has 0 aliphatic heterocycles. The third-order valence-corrected chi connectivity index (χ3v) is 4.09. The van der Waals surface area contributed by atoms with E-state index in [4.69, 9.17) is 12.2 Å². The number of rotatable bonds is 2. The van der Waals surface area contributed by atoms with Crippen LogP contribution in [0.4, 0.5) is 4.39 Å². The van der Waals surface area contributed by atoms with Gasteiger partial charge in [0.2, 0.25) is 0 Å². The number of imidazole rings is 1. The van der Waals surface area contributed by atoms with Crippen molar-refractivity contribution in [1.29, 1.82) is 0 Å². The predicted octanol–water partition coefficient (Wildman–Crippen LogP) is 4.51. The molecule has 3 rings (SSSR count). The lowest BCUT2D eigenvalue weighted by Gasteiger charge is -2.13. The Labute approximate surface area is 113 Å². The van der Waals surface area contributed by atoms with Gasteiger partial charge in [-0.2, -0.15) is 11.3 Å². The highest BCUT2D eigenvalue weighted by atomic mass is 32.1. The van der Waals surface area contributed by atoms with Gasteiger partial charge in [-0.25, -0.2) is 4.39 Å². The van der Waals surface area contributed by atoms with Crippen molar-refractivity contribution >= 4 is 34.6 Å². The van der Waals surface area contributed by atoms with Crippen molar-refractivity contribution in [3.63, 3.8) is 0 Å². The Hall–Kier alpha value is -1.46. The Bertz CT molecular complexity index is 740. The summed E-state index contributed by atoms with van der Waals surface area (Å²) in [6.07, 6.45) is 0. The first-order valence-electron chi connectivity index (χ1n) is 5.58. The van der Waals surface area contributed by atoms with E-state index in [-0.39, 0.29) is 11.9 Å². The van der Waals surface area contributed by atoms with Crippen molar-refractivity contribution in [2.24, 2.45) is 0 Å². The van der Waals surface area contributed by atoms with Crippen LogP contribution in [0.5, 0.6) is 0 Å². The minimum absolute atomic E-state index is 0.142. The number of thiophene rings is 1. The molecule has 0 spiro atoms. The molecule has 0 amide bonds. The summed E-state index contributed by atoms with van der Waals surface area (Å²) in [5.41, 5.74) is 2.88. The van der Waals surface area contributed by atoms with Crippen LogP contribution in [-0.2, 0) is 0 Å². The molecule has 2 heterocycles. The highest BCUT2D eigenvalue weighted by Gasteiger charge is 2.13. The first-order valence-corrected chi connectivity index (χ1v) is 6.94. The molecule has 0 bridgehead atoms. The lowest BCUT2D eigenvalue weighted by molar-refractivity contribution is 0.628. The predicted molar refractivity (Wildman–Crippen MR) is 75.2 cm³/mol. The minimum atomic E-state index is -0.255. The first-order chi connectivity index (χ1) is 8.66. The number of halogens is 1. The number of nitrogens with zero attached hydrogens (tertiary/aromatic N) is 1. The number of H-pyrrole nitrogens is 1. The van der Waals surface area contributed by atoms with E-state index in [1.807, 2.05) is 9.95 Å². The Kier molecular flexibility index (Phi) is 2.80. The van der Waals surface area contributed by atoms with Crippen LogP contribution < -0.4 is 0 Å². The molecular weight excluding hydrogens is 267 g/mol. The fraction of sp³-hybridized carbons (Fsp3) is 0.154. The lowest BCUT2D eigenvalue weighted by atomic mass is 10.2. The lowest BCUT2D eigenvalue weighted by Crippen LogP contribution is -2.05.